The number of nitrogens with one attached hydrogen (secondary N) is 1. The normalized spacial score (nSPS) is 11.9. The third-order valence-electron chi connectivity index (χ3n) is 4.60. The molecule has 9 nitrogen and oxygen atoms in total. The second-order valence-electron chi connectivity index (χ2n) is 6.96. The summed E-state index contributed by atoms with van der Waals surface area (Å²) >= 11 is 1.34. The zero-order valence-corrected chi connectivity index (χ0v) is 17.9. The molecule has 0 radical (unpaired) electrons. The van der Waals surface area contributed by atoms with E-state index in [1.165, 1.54) is 17.8 Å². The molecule has 0 aliphatic rings. The molecule has 1 heterocycles. The number of hydrogen-bond donors (Lipinski definition) is 2. The molecule has 0 saturated carbocycles. The van der Waals surface area contributed by atoms with Crippen molar-refractivity contribution >= 4 is 23.4 Å². The van der Waals surface area contributed by atoms with Gasteiger partial charge in [-0.15, -0.1) is 10.2 Å². The van der Waals surface area contributed by atoms with Crippen molar-refractivity contribution in [3.8, 4) is 11.5 Å². The summed E-state index contributed by atoms with van der Waals surface area (Å²) in [4.78, 5) is 21.1. The van der Waals surface area contributed by atoms with Gasteiger partial charge in [0.15, 0.2) is 0 Å². The second-order valence-corrected chi connectivity index (χ2v) is 8.25. The van der Waals surface area contributed by atoms with Gasteiger partial charge in [-0.1, -0.05) is 36.0 Å². The lowest BCUT2D eigenvalue weighted by Crippen LogP contribution is -2.17. The van der Waals surface area contributed by atoms with Crippen LogP contribution in [0, 0.1) is 17.0 Å². The van der Waals surface area contributed by atoms with Crippen LogP contribution in [0.15, 0.2) is 52.1 Å². The predicted octanol–water partition coefficient (Wildman–Crippen LogP) is 4.37. The van der Waals surface area contributed by atoms with Crippen LogP contribution >= 0.6 is 11.8 Å². The lowest BCUT2D eigenvalue weighted by molar-refractivity contribution is -0.384. The first-order valence-corrected chi connectivity index (χ1v) is 10.5. The minimum absolute atomic E-state index is 0.0457. The Morgan fingerprint density at radius 2 is 2.10 bits per heavy atom. The molecule has 1 atom stereocenters. The van der Waals surface area contributed by atoms with Gasteiger partial charge in [-0.2, -0.15) is 0 Å². The van der Waals surface area contributed by atoms with Crippen LogP contribution in [0.1, 0.15) is 35.3 Å². The van der Waals surface area contributed by atoms with Crippen molar-refractivity contribution in [2.45, 2.75) is 37.3 Å². The summed E-state index contributed by atoms with van der Waals surface area (Å²) in [7, 11) is 0. The number of carbonyl (C=O) groups is 1. The van der Waals surface area contributed by atoms with Crippen LogP contribution in [0.5, 0.6) is 0 Å². The molecular weight excluding hydrogens is 420 g/mol. The fraction of sp³-hybridized carbons (Fsp3) is 0.286. The van der Waals surface area contributed by atoms with Gasteiger partial charge in [0, 0.05) is 36.0 Å². The number of rotatable bonds is 10. The molecule has 0 bridgehead atoms. The first-order chi connectivity index (χ1) is 14.8. The topological polar surface area (TPSA) is 131 Å². The molecular formula is C21H22N4O5S. The van der Waals surface area contributed by atoms with Gasteiger partial charge in [-0.05, 0) is 36.6 Å². The molecule has 3 aromatic rings. The van der Waals surface area contributed by atoms with Crippen molar-refractivity contribution in [1.29, 1.82) is 0 Å². The van der Waals surface area contributed by atoms with Crippen molar-refractivity contribution < 1.29 is 19.2 Å². The highest BCUT2D eigenvalue weighted by Crippen LogP contribution is 2.36. The number of carboxylic acids is 1. The number of nitrogens with zero attached hydrogens (tertiary/aromatic N) is 3. The minimum atomic E-state index is -0.830. The van der Waals surface area contributed by atoms with Gasteiger partial charge in [-0.3, -0.25) is 14.9 Å². The second kappa shape index (κ2) is 10.2. The number of aliphatic carboxylic acids is 1. The third-order valence-corrected chi connectivity index (χ3v) is 5.59. The van der Waals surface area contributed by atoms with Gasteiger partial charge in [0.25, 0.3) is 10.9 Å². The molecule has 2 aromatic carbocycles. The number of hydrogen-bond acceptors (Lipinski definition) is 8. The van der Waals surface area contributed by atoms with Crippen LogP contribution in [-0.2, 0) is 11.3 Å². The molecule has 0 aliphatic heterocycles. The molecule has 3 rings (SSSR count). The zero-order chi connectivity index (χ0) is 22.4. The Hall–Kier alpha value is -3.24. The molecule has 31 heavy (non-hydrogen) atoms. The van der Waals surface area contributed by atoms with E-state index in [0.717, 1.165) is 22.3 Å². The van der Waals surface area contributed by atoms with E-state index in [1.54, 1.807) is 12.1 Å². The average Bonchev–Trinajstić information content (AvgIpc) is 3.19. The summed E-state index contributed by atoms with van der Waals surface area (Å²) in [6.07, 6.45) is 0.0776. The smallest absolute Gasteiger partial charge is 0.304 e. The monoisotopic (exact) mass is 442 g/mol. The van der Waals surface area contributed by atoms with E-state index in [9.17, 15) is 14.9 Å². The lowest BCUT2D eigenvalue weighted by atomic mass is 10.1. The standard InChI is InChI=1S/C21H22N4O5S/c1-13-10-15(12-22-9-8-19(26)27)6-7-18(13)20-23-24-21(30-20)31-14(2)16-4-3-5-17(11-16)25(28)29/h3-7,10-11,14,22H,8-9,12H2,1-2H3,(H,26,27). The Balaban J connectivity index is 1.65. The third kappa shape index (κ3) is 6.12. The maximum atomic E-state index is 11.0. The fourth-order valence-corrected chi connectivity index (χ4v) is 3.78. The number of benzene rings is 2. The highest BCUT2D eigenvalue weighted by atomic mass is 32.2. The van der Waals surface area contributed by atoms with E-state index in [2.05, 4.69) is 15.5 Å². The maximum Gasteiger partial charge on any atom is 0.304 e. The Morgan fingerprint density at radius 1 is 1.29 bits per heavy atom. The molecule has 2 N–H and O–H groups in total. The first kappa shape index (κ1) is 22.4. The van der Waals surface area contributed by atoms with Crippen molar-refractivity contribution in [3.63, 3.8) is 0 Å². The van der Waals surface area contributed by atoms with E-state index >= 15 is 0 Å². The number of nitro benzene ring substituents is 1. The van der Waals surface area contributed by atoms with E-state index in [1.807, 2.05) is 38.1 Å². The highest BCUT2D eigenvalue weighted by Gasteiger charge is 2.17. The van der Waals surface area contributed by atoms with E-state index in [-0.39, 0.29) is 17.4 Å². The fourth-order valence-electron chi connectivity index (χ4n) is 2.98. The number of thioether (sulfide) groups is 1. The van der Waals surface area contributed by atoms with Crippen LogP contribution in [-0.4, -0.2) is 32.7 Å². The van der Waals surface area contributed by atoms with Crippen molar-refractivity contribution in [2.24, 2.45) is 0 Å². The summed E-state index contributed by atoms with van der Waals surface area (Å²) in [6, 6.07) is 12.3. The van der Waals surface area contributed by atoms with Crippen molar-refractivity contribution in [3.05, 3.63) is 69.3 Å². The van der Waals surface area contributed by atoms with Gasteiger partial charge < -0.3 is 14.8 Å². The maximum absolute atomic E-state index is 11.0. The van der Waals surface area contributed by atoms with Crippen LogP contribution in [0.25, 0.3) is 11.5 Å². The predicted molar refractivity (Wildman–Crippen MR) is 116 cm³/mol. The van der Waals surface area contributed by atoms with E-state index in [0.29, 0.717) is 24.2 Å². The zero-order valence-electron chi connectivity index (χ0n) is 17.1. The summed E-state index contributed by atoms with van der Waals surface area (Å²) in [6.45, 7) is 4.84. The van der Waals surface area contributed by atoms with Gasteiger partial charge in [0.05, 0.1) is 11.3 Å². The molecule has 0 fully saturated rings. The Labute approximate surface area is 183 Å². The van der Waals surface area contributed by atoms with Crippen LogP contribution < -0.4 is 5.32 Å². The highest BCUT2D eigenvalue weighted by molar-refractivity contribution is 7.99. The molecule has 1 aromatic heterocycles. The van der Waals surface area contributed by atoms with Crippen LogP contribution in [0.3, 0.4) is 0 Å². The van der Waals surface area contributed by atoms with Gasteiger partial charge in [0.1, 0.15) is 0 Å². The van der Waals surface area contributed by atoms with Gasteiger partial charge >= 0.3 is 5.97 Å². The molecule has 0 amide bonds. The molecule has 162 valence electrons. The first-order valence-electron chi connectivity index (χ1n) is 9.60. The van der Waals surface area contributed by atoms with Crippen molar-refractivity contribution in [1.82, 2.24) is 15.5 Å². The summed E-state index contributed by atoms with van der Waals surface area (Å²) in [5.41, 5.74) is 3.65. The Bertz CT molecular complexity index is 1090. The molecule has 0 saturated heterocycles. The van der Waals surface area contributed by atoms with E-state index < -0.39 is 10.9 Å². The molecule has 10 heteroatoms. The van der Waals surface area contributed by atoms with E-state index in [4.69, 9.17) is 9.52 Å². The molecule has 1 unspecified atom stereocenters. The molecule has 0 spiro atoms. The quantitative estimate of drug-likeness (QED) is 0.203. The summed E-state index contributed by atoms with van der Waals surface area (Å²) in [5, 5.41) is 31.3. The van der Waals surface area contributed by atoms with Crippen molar-refractivity contribution in [2.75, 3.05) is 6.54 Å². The number of aromatic nitrogens is 2. The van der Waals surface area contributed by atoms with Gasteiger partial charge in [-0.25, -0.2) is 0 Å². The number of aryl methyl sites for hydroxylation is 1. The minimum Gasteiger partial charge on any atom is -0.481 e. The van der Waals surface area contributed by atoms with Gasteiger partial charge in [0.2, 0.25) is 5.89 Å². The van der Waals surface area contributed by atoms with Crippen LogP contribution in [0.2, 0.25) is 0 Å². The lowest BCUT2D eigenvalue weighted by Gasteiger charge is -2.08. The largest absolute Gasteiger partial charge is 0.481 e. The Kier molecular flexibility index (Phi) is 7.37. The molecule has 0 aliphatic carbocycles. The summed E-state index contributed by atoms with van der Waals surface area (Å²) < 4.78 is 5.81. The number of nitro groups is 1. The average molecular weight is 442 g/mol. The Morgan fingerprint density at radius 3 is 2.81 bits per heavy atom. The van der Waals surface area contributed by atoms with Crippen LogP contribution in [0.4, 0.5) is 5.69 Å². The number of non-ortho nitro benzene ring substituents is 1. The number of carboxylic acid groups (broad SMARTS) is 1. The SMILES string of the molecule is Cc1cc(CNCCC(=O)O)ccc1-c1nnc(SC(C)c2cccc([N+](=O)[O-])c2)o1. The summed E-state index contributed by atoms with van der Waals surface area (Å²) in [5.74, 6) is -0.430.